The van der Waals surface area contributed by atoms with E-state index in [0.717, 1.165) is 37.0 Å². The highest BCUT2D eigenvalue weighted by Gasteiger charge is 2.59. The molecular weight excluding hydrogens is 516 g/mol. The fourth-order valence-corrected chi connectivity index (χ4v) is 10.3. The standard InChI is InChI=1S/C35H58O6/c1-7-22(20(2)3)9-8-21(4)26-12-13-27-25-11-10-23-18-24(14-16-34(23,5)28(25)15-17-35(26,27)6)40-33-32(39)31(38)30(37)29(19-36)41-33/h8-9,18,20-22,24-33,36-39H,7,10-17,19H2,1-6H3/b9-8+/t21-,22-,24+,25+,26-,27+,28+,29-,30-,31+,32-,33-,34+,35-/m1/s1. The monoisotopic (exact) mass is 574 g/mol. The lowest BCUT2D eigenvalue weighted by atomic mass is 9.46. The quantitative estimate of drug-likeness (QED) is 0.281. The van der Waals surface area contributed by atoms with Crippen molar-refractivity contribution < 1.29 is 29.9 Å². The molecule has 0 radical (unpaired) electrons. The third kappa shape index (κ3) is 5.64. The maximum Gasteiger partial charge on any atom is 0.187 e. The molecule has 0 bridgehead atoms. The zero-order valence-corrected chi connectivity index (χ0v) is 26.4. The van der Waals surface area contributed by atoms with Gasteiger partial charge in [-0.2, -0.15) is 0 Å². The number of rotatable bonds is 8. The van der Waals surface area contributed by atoms with Crippen molar-refractivity contribution in [2.45, 2.75) is 136 Å². The van der Waals surface area contributed by atoms with Crippen LogP contribution >= 0.6 is 0 Å². The molecule has 4 fully saturated rings. The number of hydrogen-bond donors (Lipinski definition) is 4. The van der Waals surface area contributed by atoms with Gasteiger partial charge in [-0.3, -0.25) is 0 Å². The SMILES string of the molecule is CC[C@H](/C=C/[C@@H](C)[C@H]1CC[C@H]2[C@@H]3CCC4=C[C@@H](O[C@@H]5O[C@H](CO)[C@@H](O)[C@H](O)[C@H]5O)CC[C@]4(C)[C@H]3CC[C@]12C)C(C)C. The summed E-state index contributed by atoms with van der Waals surface area (Å²) in [6.07, 6.45) is 11.9. The van der Waals surface area contributed by atoms with Gasteiger partial charge in [0.05, 0.1) is 12.7 Å². The van der Waals surface area contributed by atoms with Crippen molar-refractivity contribution in [1.29, 1.82) is 0 Å². The van der Waals surface area contributed by atoms with Gasteiger partial charge in [0.2, 0.25) is 0 Å². The van der Waals surface area contributed by atoms with Crippen LogP contribution in [0.3, 0.4) is 0 Å². The lowest BCUT2D eigenvalue weighted by Gasteiger charge is -2.59. The topological polar surface area (TPSA) is 99.4 Å². The smallest absolute Gasteiger partial charge is 0.187 e. The summed E-state index contributed by atoms with van der Waals surface area (Å²) >= 11 is 0. The van der Waals surface area contributed by atoms with Gasteiger partial charge in [0.15, 0.2) is 6.29 Å². The van der Waals surface area contributed by atoms with E-state index in [1.807, 2.05) is 0 Å². The molecule has 1 saturated heterocycles. The summed E-state index contributed by atoms with van der Waals surface area (Å²) in [5.74, 6) is 5.12. The predicted octanol–water partition coefficient (Wildman–Crippen LogP) is 5.63. The number of aliphatic hydroxyl groups excluding tert-OH is 4. The minimum Gasteiger partial charge on any atom is -0.394 e. The van der Waals surface area contributed by atoms with Crippen molar-refractivity contribution in [1.82, 2.24) is 0 Å². The maximum atomic E-state index is 10.5. The van der Waals surface area contributed by atoms with Crippen LogP contribution in [0.4, 0.5) is 0 Å². The lowest BCUT2D eigenvalue weighted by Crippen LogP contribution is -2.59. The molecule has 0 aromatic carbocycles. The van der Waals surface area contributed by atoms with Gasteiger partial charge in [0.1, 0.15) is 24.4 Å². The highest BCUT2D eigenvalue weighted by Crippen LogP contribution is 2.67. The van der Waals surface area contributed by atoms with Crippen LogP contribution in [0, 0.1) is 52.3 Å². The highest BCUT2D eigenvalue weighted by molar-refractivity contribution is 5.26. The number of allylic oxidation sites excluding steroid dienone is 3. The van der Waals surface area contributed by atoms with Crippen LogP contribution in [0.15, 0.2) is 23.8 Å². The molecule has 5 aliphatic rings. The van der Waals surface area contributed by atoms with E-state index >= 15 is 0 Å². The summed E-state index contributed by atoms with van der Waals surface area (Å²) in [5, 5.41) is 40.4. The fourth-order valence-electron chi connectivity index (χ4n) is 10.3. The van der Waals surface area contributed by atoms with E-state index in [-0.39, 0.29) is 11.5 Å². The molecule has 3 saturated carbocycles. The first-order valence-corrected chi connectivity index (χ1v) is 16.8. The zero-order valence-electron chi connectivity index (χ0n) is 26.4. The molecule has 1 aliphatic heterocycles. The highest BCUT2D eigenvalue weighted by atomic mass is 16.7. The normalized spacial score (nSPS) is 47.9. The van der Waals surface area contributed by atoms with E-state index in [1.165, 1.54) is 44.1 Å². The first-order chi connectivity index (χ1) is 19.4. The Morgan fingerprint density at radius 2 is 1.71 bits per heavy atom. The van der Waals surface area contributed by atoms with Gasteiger partial charge in [-0.05, 0) is 110 Å². The summed E-state index contributed by atoms with van der Waals surface area (Å²) in [4.78, 5) is 0. The summed E-state index contributed by atoms with van der Waals surface area (Å²) in [7, 11) is 0. The Kier molecular flexibility index (Phi) is 9.51. The van der Waals surface area contributed by atoms with E-state index in [2.05, 4.69) is 59.8 Å². The Bertz CT molecular complexity index is 960. The molecular formula is C35H58O6. The molecule has 4 aliphatic carbocycles. The molecule has 0 aromatic rings. The molecule has 0 amide bonds. The minimum absolute atomic E-state index is 0.189. The third-order valence-electron chi connectivity index (χ3n) is 12.9. The zero-order chi connectivity index (χ0) is 29.7. The van der Waals surface area contributed by atoms with E-state index in [1.54, 1.807) is 0 Å². The van der Waals surface area contributed by atoms with Gasteiger partial charge in [-0.25, -0.2) is 0 Å². The molecule has 0 aromatic heterocycles. The Morgan fingerprint density at radius 3 is 2.39 bits per heavy atom. The summed E-state index contributed by atoms with van der Waals surface area (Å²) in [5.41, 5.74) is 2.12. The average Bonchev–Trinajstić information content (AvgIpc) is 3.30. The van der Waals surface area contributed by atoms with E-state index in [0.29, 0.717) is 29.1 Å². The minimum atomic E-state index is -1.41. The molecule has 4 N–H and O–H groups in total. The lowest BCUT2D eigenvalue weighted by molar-refractivity contribution is -0.308. The Balaban J connectivity index is 1.26. The van der Waals surface area contributed by atoms with Gasteiger partial charge in [-0.1, -0.05) is 65.3 Å². The van der Waals surface area contributed by atoms with Crippen LogP contribution in [0.5, 0.6) is 0 Å². The van der Waals surface area contributed by atoms with Crippen LogP contribution in [0.25, 0.3) is 0 Å². The van der Waals surface area contributed by atoms with Crippen LogP contribution in [0.1, 0.15) is 99.3 Å². The van der Waals surface area contributed by atoms with Crippen molar-refractivity contribution >= 4 is 0 Å². The Hall–Kier alpha value is -0.760. The van der Waals surface area contributed by atoms with Crippen LogP contribution < -0.4 is 0 Å². The number of ether oxygens (including phenoxy) is 2. The first kappa shape index (κ1) is 31.7. The largest absolute Gasteiger partial charge is 0.394 e. The van der Waals surface area contributed by atoms with E-state index in [9.17, 15) is 20.4 Å². The van der Waals surface area contributed by atoms with Gasteiger partial charge >= 0.3 is 0 Å². The van der Waals surface area contributed by atoms with Crippen LogP contribution in [0.2, 0.25) is 0 Å². The first-order valence-electron chi connectivity index (χ1n) is 16.8. The Morgan fingerprint density at radius 1 is 0.951 bits per heavy atom. The van der Waals surface area contributed by atoms with Crippen molar-refractivity contribution in [3.05, 3.63) is 23.8 Å². The van der Waals surface area contributed by atoms with Crippen LogP contribution in [-0.2, 0) is 9.47 Å². The van der Waals surface area contributed by atoms with Gasteiger partial charge in [0, 0.05) is 0 Å². The van der Waals surface area contributed by atoms with Crippen molar-refractivity contribution in [2.24, 2.45) is 52.3 Å². The van der Waals surface area contributed by atoms with Gasteiger partial charge in [-0.15, -0.1) is 0 Å². The summed E-state index contributed by atoms with van der Waals surface area (Å²) in [6, 6.07) is 0. The molecule has 6 nitrogen and oxygen atoms in total. The van der Waals surface area contributed by atoms with E-state index < -0.39 is 37.3 Å². The number of aliphatic hydroxyl groups is 4. The maximum absolute atomic E-state index is 10.5. The molecule has 0 unspecified atom stereocenters. The van der Waals surface area contributed by atoms with Crippen molar-refractivity contribution in [2.75, 3.05) is 6.61 Å². The van der Waals surface area contributed by atoms with Gasteiger partial charge < -0.3 is 29.9 Å². The third-order valence-corrected chi connectivity index (χ3v) is 12.9. The van der Waals surface area contributed by atoms with E-state index in [4.69, 9.17) is 9.47 Å². The van der Waals surface area contributed by atoms with Gasteiger partial charge in [0.25, 0.3) is 0 Å². The number of hydrogen-bond acceptors (Lipinski definition) is 6. The molecule has 41 heavy (non-hydrogen) atoms. The second-order valence-electron chi connectivity index (χ2n) is 15.2. The van der Waals surface area contributed by atoms with Crippen molar-refractivity contribution in [3.8, 4) is 0 Å². The Labute approximate surface area is 248 Å². The molecule has 14 atom stereocenters. The molecule has 5 rings (SSSR count). The van der Waals surface area contributed by atoms with Crippen LogP contribution in [-0.4, -0.2) is 63.8 Å². The summed E-state index contributed by atoms with van der Waals surface area (Å²) < 4.78 is 11.8. The fraction of sp³-hybridized carbons (Fsp3) is 0.886. The second kappa shape index (κ2) is 12.3. The second-order valence-corrected chi connectivity index (χ2v) is 15.2. The molecule has 234 valence electrons. The van der Waals surface area contributed by atoms with Crippen molar-refractivity contribution in [3.63, 3.8) is 0 Å². The number of fused-ring (bicyclic) bond motifs is 5. The summed E-state index contributed by atoms with van der Waals surface area (Å²) in [6.45, 7) is 14.2. The average molecular weight is 575 g/mol. The molecule has 1 heterocycles. The molecule has 0 spiro atoms. The molecule has 6 heteroatoms. The predicted molar refractivity (Wildman–Crippen MR) is 161 cm³/mol.